The molecule has 0 saturated heterocycles. The maximum absolute atomic E-state index is 13.2. The Morgan fingerprint density at radius 3 is 2.86 bits per heavy atom. The first-order valence-corrected chi connectivity index (χ1v) is 8.94. The fraction of sp³-hybridized carbons (Fsp3) is 0.190. The lowest BCUT2D eigenvalue weighted by Gasteiger charge is -2.18. The van der Waals surface area contributed by atoms with Crippen LogP contribution >= 0.6 is 0 Å². The third-order valence-electron chi connectivity index (χ3n) is 4.58. The molecule has 0 bridgehead atoms. The molecule has 3 aromatic heterocycles. The minimum absolute atomic E-state index is 0.0772. The van der Waals surface area contributed by atoms with Gasteiger partial charge in [-0.15, -0.1) is 0 Å². The number of hydrogen-bond acceptors (Lipinski definition) is 6. The van der Waals surface area contributed by atoms with Crippen LogP contribution in [0, 0.1) is 6.92 Å². The van der Waals surface area contributed by atoms with Crippen molar-refractivity contribution < 1.29 is 9.32 Å². The number of pyridine rings is 2. The summed E-state index contributed by atoms with van der Waals surface area (Å²) in [4.78, 5) is 27.8. The van der Waals surface area contributed by atoms with Gasteiger partial charge in [0.1, 0.15) is 0 Å². The zero-order valence-electron chi connectivity index (χ0n) is 15.7. The maximum Gasteiger partial charge on any atom is 0.254 e. The number of fused-ring (bicyclic) bond motifs is 1. The number of benzene rings is 1. The molecule has 1 aromatic carbocycles. The third kappa shape index (κ3) is 3.59. The minimum atomic E-state index is -0.0772. The van der Waals surface area contributed by atoms with Gasteiger partial charge in [-0.05, 0) is 37.3 Å². The maximum atomic E-state index is 13.2. The molecule has 0 aliphatic carbocycles. The predicted octanol–water partition coefficient (Wildman–Crippen LogP) is 3.30. The van der Waals surface area contributed by atoms with Crippen LogP contribution in [-0.2, 0) is 6.42 Å². The number of aryl methyl sites for hydroxylation is 1. The van der Waals surface area contributed by atoms with E-state index in [4.69, 9.17) is 9.51 Å². The average molecular weight is 373 g/mol. The van der Waals surface area contributed by atoms with Crippen molar-refractivity contribution in [2.45, 2.75) is 13.3 Å². The number of amides is 1. The van der Waals surface area contributed by atoms with Crippen LogP contribution in [0.1, 0.15) is 21.7 Å². The summed E-state index contributed by atoms with van der Waals surface area (Å²) in [6, 6.07) is 11.6. The van der Waals surface area contributed by atoms with Gasteiger partial charge < -0.3 is 9.42 Å². The Bertz CT molecular complexity index is 1110. The number of rotatable bonds is 5. The molecule has 0 N–H and O–H groups in total. The van der Waals surface area contributed by atoms with E-state index in [0.717, 1.165) is 27.7 Å². The first-order valence-electron chi connectivity index (χ1n) is 8.94. The van der Waals surface area contributed by atoms with Crippen LogP contribution in [0.25, 0.3) is 22.2 Å². The lowest BCUT2D eigenvalue weighted by Crippen LogP contribution is -2.29. The molecule has 7 heteroatoms. The van der Waals surface area contributed by atoms with Gasteiger partial charge >= 0.3 is 0 Å². The molecular weight excluding hydrogens is 354 g/mol. The monoisotopic (exact) mass is 373 g/mol. The van der Waals surface area contributed by atoms with E-state index >= 15 is 0 Å². The van der Waals surface area contributed by atoms with Crippen LogP contribution in [-0.4, -0.2) is 44.5 Å². The molecule has 0 aliphatic rings. The summed E-state index contributed by atoms with van der Waals surface area (Å²) in [5, 5.41) is 4.63. The second-order valence-corrected chi connectivity index (χ2v) is 6.64. The van der Waals surface area contributed by atoms with E-state index in [-0.39, 0.29) is 5.91 Å². The first-order chi connectivity index (χ1) is 13.6. The van der Waals surface area contributed by atoms with E-state index in [1.165, 1.54) is 6.39 Å². The lowest BCUT2D eigenvalue weighted by molar-refractivity contribution is 0.0797. The Morgan fingerprint density at radius 2 is 2.11 bits per heavy atom. The van der Waals surface area contributed by atoms with Crippen LogP contribution in [0.4, 0.5) is 0 Å². The molecule has 0 unspecified atom stereocenters. The Morgan fingerprint density at radius 1 is 1.21 bits per heavy atom. The van der Waals surface area contributed by atoms with Gasteiger partial charge in [-0.25, -0.2) is 4.98 Å². The van der Waals surface area contributed by atoms with Crippen molar-refractivity contribution in [2.75, 3.05) is 13.6 Å². The topological polar surface area (TPSA) is 85.0 Å². The lowest BCUT2D eigenvalue weighted by atomic mass is 10.0. The number of carbonyl (C=O) groups excluding carboxylic acids is 1. The van der Waals surface area contributed by atoms with Gasteiger partial charge in [0.25, 0.3) is 5.91 Å². The zero-order valence-corrected chi connectivity index (χ0v) is 15.7. The SMILES string of the molecule is Cc1ccc2nc(-c3cccnc3)cc(C(=O)N(C)CCc3ncon3)c2c1. The molecular formula is C21H19N5O2. The van der Waals surface area contributed by atoms with Crippen LogP contribution in [0.3, 0.4) is 0 Å². The summed E-state index contributed by atoms with van der Waals surface area (Å²) < 4.78 is 4.75. The van der Waals surface area contributed by atoms with Crippen LogP contribution < -0.4 is 0 Å². The highest BCUT2D eigenvalue weighted by Gasteiger charge is 2.18. The van der Waals surface area contributed by atoms with Gasteiger partial charge in [-0.2, -0.15) is 4.98 Å². The second kappa shape index (κ2) is 7.56. The minimum Gasteiger partial charge on any atom is -0.343 e. The molecule has 140 valence electrons. The average Bonchev–Trinajstić information content (AvgIpc) is 3.25. The van der Waals surface area contributed by atoms with Gasteiger partial charge in [0.2, 0.25) is 6.39 Å². The van der Waals surface area contributed by atoms with Crippen molar-refractivity contribution in [3.8, 4) is 11.3 Å². The molecule has 3 heterocycles. The number of aromatic nitrogens is 4. The highest BCUT2D eigenvalue weighted by atomic mass is 16.5. The molecule has 4 rings (SSSR count). The summed E-state index contributed by atoms with van der Waals surface area (Å²) in [6.07, 6.45) is 5.27. The molecule has 0 fully saturated rings. The number of nitrogens with zero attached hydrogens (tertiary/aromatic N) is 5. The summed E-state index contributed by atoms with van der Waals surface area (Å²) in [5.74, 6) is 0.498. The van der Waals surface area contributed by atoms with Crippen molar-refractivity contribution in [3.63, 3.8) is 0 Å². The van der Waals surface area contributed by atoms with Gasteiger partial charge in [0.15, 0.2) is 5.82 Å². The summed E-state index contributed by atoms with van der Waals surface area (Å²) >= 11 is 0. The second-order valence-electron chi connectivity index (χ2n) is 6.64. The molecule has 0 saturated carbocycles. The largest absolute Gasteiger partial charge is 0.343 e. The van der Waals surface area contributed by atoms with Crippen molar-refractivity contribution in [2.24, 2.45) is 0 Å². The highest BCUT2D eigenvalue weighted by Crippen LogP contribution is 2.26. The van der Waals surface area contributed by atoms with Crippen molar-refractivity contribution in [1.29, 1.82) is 0 Å². The third-order valence-corrected chi connectivity index (χ3v) is 4.58. The van der Waals surface area contributed by atoms with Crippen molar-refractivity contribution in [3.05, 3.63) is 72.1 Å². The summed E-state index contributed by atoms with van der Waals surface area (Å²) in [5.41, 5.74) is 4.06. The van der Waals surface area contributed by atoms with Gasteiger partial charge in [0.05, 0.1) is 16.8 Å². The Kier molecular flexibility index (Phi) is 4.80. The molecule has 28 heavy (non-hydrogen) atoms. The molecule has 4 aromatic rings. The van der Waals surface area contributed by atoms with E-state index in [2.05, 4.69) is 15.1 Å². The number of likely N-dealkylation sites (N-methyl/N-ethyl adjacent to an activating group) is 1. The van der Waals surface area contributed by atoms with Crippen molar-refractivity contribution >= 4 is 16.8 Å². The van der Waals surface area contributed by atoms with Crippen LogP contribution in [0.2, 0.25) is 0 Å². The van der Waals surface area contributed by atoms with Gasteiger partial charge in [-0.3, -0.25) is 9.78 Å². The van der Waals surface area contributed by atoms with Gasteiger partial charge in [-0.1, -0.05) is 16.8 Å². The summed E-state index contributed by atoms with van der Waals surface area (Å²) in [6.45, 7) is 2.49. The van der Waals surface area contributed by atoms with Crippen LogP contribution in [0.15, 0.2) is 59.7 Å². The van der Waals surface area contributed by atoms with Crippen LogP contribution in [0.5, 0.6) is 0 Å². The Balaban J connectivity index is 1.73. The Labute approximate surface area is 162 Å². The first kappa shape index (κ1) is 17.8. The Hall–Kier alpha value is -3.61. The quantitative estimate of drug-likeness (QED) is 0.534. The standard InChI is InChI=1S/C21H19N5O2/c1-14-5-6-18-16(10-14)17(11-19(24-18)15-4-3-8-22-12-15)21(27)26(2)9-7-20-23-13-28-25-20/h3-6,8,10-13H,7,9H2,1-2H3. The van der Waals surface area contributed by atoms with E-state index in [1.807, 2.05) is 43.3 Å². The normalized spacial score (nSPS) is 10.9. The smallest absolute Gasteiger partial charge is 0.254 e. The fourth-order valence-electron chi connectivity index (χ4n) is 3.06. The van der Waals surface area contributed by atoms with E-state index in [9.17, 15) is 4.79 Å². The number of carbonyl (C=O) groups is 1. The zero-order chi connectivity index (χ0) is 19.5. The number of hydrogen-bond donors (Lipinski definition) is 0. The molecule has 0 spiro atoms. The van der Waals surface area contributed by atoms with E-state index in [0.29, 0.717) is 24.4 Å². The van der Waals surface area contributed by atoms with E-state index < -0.39 is 0 Å². The molecule has 0 radical (unpaired) electrons. The molecule has 1 amide bonds. The molecule has 0 aliphatic heterocycles. The fourth-order valence-corrected chi connectivity index (χ4v) is 3.06. The predicted molar refractivity (Wildman–Crippen MR) is 105 cm³/mol. The molecule has 0 atom stereocenters. The highest BCUT2D eigenvalue weighted by molar-refractivity contribution is 6.07. The van der Waals surface area contributed by atoms with Gasteiger partial charge in [0, 0.05) is 43.4 Å². The molecule has 7 nitrogen and oxygen atoms in total. The van der Waals surface area contributed by atoms with E-state index in [1.54, 1.807) is 24.3 Å². The summed E-state index contributed by atoms with van der Waals surface area (Å²) in [7, 11) is 1.77. The van der Waals surface area contributed by atoms with Crippen molar-refractivity contribution in [1.82, 2.24) is 25.0 Å².